The Labute approximate surface area is 108 Å². The van der Waals surface area contributed by atoms with Crippen molar-refractivity contribution in [3.63, 3.8) is 0 Å². The minimum Gasteiger partial charge on any atom is -0.458 e. The molecule has 2 N–H and O–H groups in total. The van der Waals surface area contributed by atoms with Gasteiger partial charge in [-0.25, -0.2) is 0 Å². The number of hydrogen-bond acceptors (Lipinski definition) is 3. The molecule has 0 atom stereocenters. The zero-order chi connectivity index (χ0) is 12.8. The van der Waals surface area contributed by atoms with Gasteiger partial charge in [0.25, 0.3) is 0 Å². The molecule has 0 radical (unpaired) electrons. The third kappa shape index (κ3) is 2.92. The van der Waals surface area contributed by atoms with Gasteiger partial charge in [0.1, 0.15) is 18.0 Å². The molecule has 1 heterocycles. The van der Waals surface area contributed by atoms with Crippen LogP contribution in [0.2, 0.25) is 0 Å². The van der Waals surface area contributed by atoms with E-state index in [1.165, 1.54) is 12.8 Å². The lowest BCUT2D eigenvalue weighted by Crippen LogP contribution is -2.01. The van der Waals surface area contributed by atoms with Crippen LogP contribution in [0.5, 0.6) is 0 Å². The smallest absolute Gasteiger partial charge is 0.135 e. The maximum atomic E-state index is 5.80. The summed E-state index contributed by atoms with van der Waals surface area (Å²) in [6, 6.07) is 7.98. The molecule has 0 fully saturated rings. The first-order valence-electron chi connectivity index (χ1n) is 6.64. The number of furan rings is 1. The first-order chi connectivity index (χ1) is 8.86. The normalized spacial score (nSPS) is 11.2. The Morgan fingerprint density at radius 1 is 1.22 bits per heavy atom. The molecule has 3 heteroatoms. The molecule has 3 nitrogen and oxygen atoms in total. The number of fused-ring (bicyclic) bond motifs is 1. The average Bonchev–Trinajstić information content (AvgIpc) is 2.76. The van der Waals surface area contributed by atoms with E-state index in [0.29, 0.717) is 13.2 Å². The van der Waals surface area contributed by atoms with E-state index in [1.54, 1.807) is 0 Å². The lowest BCUT2D eigenvalue weighted by Gasteiger charge is -2.03. The molecule has 0 aliphatic carbocycles. The quantitative estimate of drug-likeness (QED) is 0.760. The van der Waals surface area contributed by atoms with Gasteiger partial charge >= 0.3 is 0 Å². The summed E-state index contributed by atoms with van der Waals surface area (Å²) >= 11 is 0. The molecule has 98 valence electrons. The monoisotopic (exact) mass is 247 g/mol. The summed E-state index contributed by atoms with van der Waals surface area (Å²) in [5.74, 6) is 0.871. The molecule has 0 saturated carbocycles. The number of hydrogen-bond donors (Lipinski definition) is 1. The molecule has 0 bridgehead atoms. The minimum absolute atomic E-state index is 0.491. The van der Waals surface area contributed by atoms with Crippen molar-refractivity contribution in [2.75, 3.05) is 6.61 Å². The van der Waals surface area contributed by atoms with E-state index in [9.17, 15) is 0 Å². The fourth-order valence-electron chi connectivity index (χ4n) is 2.11. The molecule has 0 aliphatic heterocycles. The van der Waals surface area contributed by atoms with E-state index < -0.39 is 0 Å². The predicted octanol–water partition coefficient (Wildman–Crippen LogP) is 3.60. The van der Waals surface area contributed by atoms with Crippen LogP contribution in [0.3, 0.4) is 0 Å². The average molecular weight is 247 g/mol. The van der Waals surface area contributed by atoms with Gasteiger partial charge in [-0.05, 0) is 12.5 Å². The number of para-hydroxylation sites is 1. The van der Waals surface area contributed by atoms with Crippen molar-refractivity contribution in [1.29, 1.82) is 0 Å². The Morgan fingerprint density at radius 3 is 2.83 bits per heavy atom. The second-order valence-corrected chi connectivity index (χ2v) is 4.46. The molecule has 0 aliphatic rings. The van der Waals surface area contributed by atoms with Gasteiger partial charge < -0.3 is 14.9 Å². The summed E-state index contributed by atoms with van der Waals surface area (Å²) < 4.78 is 11.4. The maximum Gasteiger partial charge on any atom is 0.135 e. The van der Waals surface area contributed by atoms with Crippen molar-refractivity contribution in [2.45, 2.75) is 39.3 Å². The Morgan fingerprint density at radius 2 is 2.06 bits per heavy atom. The molecular formula is C15H21NO2. The molecule has 0 saturated heterocycles. The third-order valence-electron chi connectivity index (χ3n) is 3.11. The van der Waals surface area contributed by atoms with Crippen LogP contribution in [0.4, 0.5) is 0 Å². The fraction of sp³-hybridized carbons (Fsp3) is 0.467. The zero-order valence-corrected chi connectivity index (χ0v) is 10.9. The number of unbranched alkanes of at least 4 members (excludes halogenated alkanes) is 2. The van der Waals surface area contributed by atoms with E-state index >= 15 is 0 Å². The summed E-state index contributed by atoms with van der Waals surface area (Å²) in [4.78, 5) is 0. The summed E-state index contributed by atoms with van der Waals surface area (Å²) in [5, 5.41) is 1.10. The molecule has 2 aromatic rings. The van der Waals surface area contributed by atoms with Gasteiger partial charge in [0.05, 0.1) is 0 Å². The van der Waals surface area contributed by atoms with Gasteiger partial charge in [0.15, 0.2) is 0 Å². The highest BCUT2D eigenvalue weighted by molar-refractivity contribution is 5.82. The Hall–Kier alpha value is -1.32. The van der Waals surface area contributed by atoms with Crippen LogP contribution >= 0.6 is 0 Å². The second kappa shape index (κ2) is 6.57. The van der Waals surface area contributed by atoms with Crippen molar-refractivity contribution in [2.24, 2.45) is 5.73 Å². The molecule has 0 unspecified atom stereocenters. The molecule has 1 aromatic heterocycles. The Bertz CT molecular complexity index is 490. The van der Waals surface area contributed by atoms with Crippen molar-refractivity contribution in [3.8, 4) is 0 Å². The third-order valence-corrected chi connectivity index (χ3v) is 3.11. The van der Waals surface area contributed by atoms with Crippen molar-refractivity contribution in [1.82, 2.24) is 0 Å². The van der Waals surface area contributed by atoms with Crippen molar-refractivity contribution in [3.05, 3.63) is 35.6 Å². The molecule has 0 amide bonds. The first kappa shape index (κ1) is 13.1. The molecule has 18 heavy (non-hydrogen) atoms. The van der Waals surface area contributed by atoms with E-state index in [1.807, 2.05) is 24.3 Å². The van der Waals surface area contributed by atoms with E-state index in [2.05, 4.69) is 6.92 Å². The lowest BCUT2D eigenvalue weighted by molar-refractivity contribution is 0.103. The zero-order valence-electron chi connectivity index (χ0n) is 10.9. The summed E-state index contributed by atoms with van der Waals surface area (Å²) in [5.41, 5.74) is 7.76. The van der Waals surface area contributed by atoms with E-state index in [-0.39, 0.29) is 0 Å². The summed E-state index contributed by atoms with van der Waals surface area (Å²) in [6.45, 7) is 3.98. The number of rotatable bonds is 7. The van der Waals surface area contributed by atoms with E-state index in [0.717, 1.165) is 35.3 Å². The summed E-state index contributed by atoms with van der Waals surface area (Å²) in [6.07, 6.45) is 3.53. The first-order valence-corrected chi connectivity index (χ1v) is 6.64. The van der Waals surface area contributed by atoms with Gasteiger partial charge in [-0.15, -0.1) is 0 Å². The van der Waals surface area contributed by atoms with Crippen molar-refractivity contribution < 1.29 is 9.15 Å². The molecule has 2 rings (SSSR count). The fourth-order valence-corrected chi connectivity index (χ4v) is 2.11. The molecular weight excluding hydrogens is 226 g/mol. The Kier molecular flexibility index (Phi) is 4.79. The van der Waals surface area contributed by atoms with Crippen LogP contribution in [-0.2, 0) is 17.9 Å². The molecule has 1 aromatic carbocycles. The lowest BCUT2D eigenvalue weighted by atomic mass is 10.1. The van der Waals surface area contributed by atoms with Crippen LogP contribution in [-0.4, -0.2) is 6.61 Å². The SMILES string of the molecule is CCCCCOCc1oc2ccccc2c1CN. The van der Waals surface area contributed by atoms with Gasteiger partial charge in [0, 0.05) is 24.1 Å². The van der Waals surface area contributed by atoms with Crippen LogP contribution < -0.4 is 5.73 Å². The second-order valence-electron chi connectivity index (χ2n) is 4.46. The van der Waals surface area contributed by atoms with Crippen LogP contribution in [0.15, 0.2) is 28.7 Å². The summed E-state index contributed by atoms with van der Waals surface area (Å²) in [7, 11) is 0. The highest BCUT2D eigenvalue weighted by Gasteiger charge is 2.12. The van der Waals surface area contributed by atoms with Crippen LogP contribution in [0.25, 0.3) is 11.0 Å². The largest absolute Gasteiger partial charge is 0.458 e. The van der Waals surface area contributed by atoms with Crippen LogP contribution in [0, 0.1) is 0 Å². The van der Waals surface area contributed by atoms with E-state index in [4.69, 9.17) is 14.9 Å². The highest BCUT2D eigenvalue weighted by Crippen LogP contribution is 2.25. The highest BCUT2D eigenvalue weighted by atomic mass is 16.5. The standard InChI is InChI=1S/C15H21NO2/c1-2-3-6-9-17-11-15-13(10-16)12-7-4-5-8-14(12)18-15/h4-5,7-8H,2-3,6,9-11,16H2,1H3. The van der Waals surface area contributed by atoms with Crippen LogP contribution in [0.1, 0.15) is 37.5 Å². The van der Waals surface area contributed by atoms with Crippen molar-refractivity contribution >= 4 is 11.0 Å². The van der Waals surface area contributed by atoms with Gasteiger partial charge in [0.2, 0.25) is 0 Å². The van der Waals surface area contributed by atoms with Gasteiger partial charge in [-0.1, -0.05) is 38.0 Å². The molecule has 0 spiro atoms. The van der Waals surface area contributed by atoms with Gasteiger partial charge in [-0.2, -0.15) is 0 Å². The topological polar surface area (TPSA) is 48.4 Å². The number of benzene rings is 1. The Balaban J connectivity index is 2.03. The predicted molar refractivity (Wildman–Crippen MR) is 73.3 cm³/mol. The minimum atomic E-state index is 0.491. The maximum absolute atomic E-state index is 5.80. The number of nitrogens with two attached hydrogens (primary N) is 1. The van der Waals surface area contributed by atoms with Gasteiger partial charge in [-0.3, -0.25) is 0 Å². The number of ether oxygens (including phenoxy) is 1.